The maximum Gasteiger partial charge on any atom is 0.305 e. The maximum absolute atomic E-state index is 11.2. The number of carbonyl (C=O) groups is 1. The highest BCUT2D eigenvalue weighted by Gasteiger charge is 2.43. The van der Waals surface area contributed by atoms with E-state index in [-0.39, 0.29) is 23.4 Å². The summed E-state index contributed by atoms with van der Waals surface area (Å²) in [6.45, 7) is 3.00. The van der Waals surface area contributed by atoms with Gasteiger partial charge < -0.3 is 24.4 Å². The Hall–Kier alpha value is -3.67. The topological polar surface area (TPSA) is 85.2 Å². The second kappa shape index (κ2) is 9.45. The number of ether oxygens (including phenoxy) is 3. The fourth-order valence-electron chi connectivity index (χ4n) is 4.45. The van der Waals surface area contributed by atoms with Gasteiger partial charge in [0.1, 0.15) is 23.0 Å². The first-order valence-electron chi connectivity index (χ1n) is 11.0. The van der Waals surface area contributed by atoms with E-state index < -0.39 is 5.41 Å². The van der Waals surface area contributed by atoms with Gasteiger partial charge in [-0.15, -0.1) is 0 Å². The van der Waals surface area contributed by atoms with Crippen LogP contribution >= 0.6 is 0 Å². The summed E-state index contributed by atoms with van der Waals surface area (Å²) in [4.78, 5) is 11.2. The standard InChI is InChI=1S/C27H28O6/c1-27(19-7-9-20(28)10-8-19)17-33-24-16-21(29)11-14-23(24)26(27)18-5-12-22(13-6-18)32-15-3-4-25(30)31-2/h5-14,16,26,28-29H,3-4,15,17H2,1-2H3/t26-,27-/m1/s1. The molecule has 1 heterocycles. The van der Waals surface area contributed by atoms with Crippen LogP contribution in [0, 0.1) is 0 Å². The molecule has 0 bridgehead atoms. The van der Waals surface area contributed by atoms with Gasteiger partial charge in [0.25, 0.3) is 0 Å². The maximum atomic E-state index is 11.2. The van der Waals surface area contributed by atoms with Gasteiger partial charge in [0.15, 0.2) is 0 Å². The lowest BCUT2D eigenvalue weighted by atomic mass is 9.65. The Bertz CT molecular complexity index is 1110. The van der Waals surface area contributed by atoms with Gasteiger partial charge in [0.2, 0.25) is 0 Å². The van der Waals surface area contributed by atoms with Crippen molar-refractivity contribution in [2.75, 3.05) is 20.3 Å². The predicted octanol–water partition coefficient (Wildman–Crippen LogP) is 4.91. The molecule has 1 aliphatic heterocycles. The third kappa shape index (κ3) is 4.75. The molecule has 6 nitrogen and oxygen atoms in total. The van der Waals surface area contributed by atoms with E-state index in [0.717, 1.165) is 22.4 Å². The second-order valence-electron chi connectivity index (χ2n) is 8.51. The van der Waals surface area contributed by atoms with Crippen LogP contribution < -0.4 is 9.47 Å². The minimum Gasteiger partial charge on any atom is -0.508 e. The van der Waals surface area contributed by atoms with Crippen molar-refractivity contribution < 1.29 is 29.2 Å². The van der Waals surface area contributed by atoms with E-state index in [2.05, 4.69) is 11.7 Å². The smallest absolute Gasteiger partial charge is 0.305 e. The van der Waals surface area contributed by atoms with Crippen LogP contribution in [0.3, 0.4) is 0 Å². The molecule has 6 heteroatoms. The molecule has 0 amide bonds. The van der Waals surface area contributed by atoms with Crippen molar-refractivity contribution >= 4 is 5.97 Å². The lowest BCUT2D eigenvalue weighted by Gasteiger charge is -2.43. The molecule has 0 aromatic heterocycles. The number of methoxy groups -OCH3 is 1. The highest BCUT2D eigenvalue weighted by Crippen LogP contribution is 2.50. The van der Waals surface area contributed by atoms with Gasteiger partial charge in [-0.3, -0.25) is 4.79 Å². The third-order valence-corrected chi connectivity index (χ3v) is 6.23. The SMILES string of the molecule is COC(=O)CCCOc1ccc([C@@H]2c3ccc(O)cc3OC[C@]2(C)c2ccc(O)cc2)cc1. The molecular weight excluding hydrogens is 420 g/mol. The highest BCUT2D eigenvalue weighted by molar-refractivity contribution is 5.69. The van der Waals surface area contributed by atoms with Crippen molar-refractivity contribution in [3.8, 4) is 23.0 Å². The molecule has 0 unspecified atom stereocenters. The summed E-state index contributed by atoms with van der Waals surface area (Å²) >= 11 is 0. The lowest BCUT2D eigenvalue weighted by molar-refractivity contribution is -0.140. The molecule has 4 rings (SSSR count). The van der Waals surface area contributed by atoms with E-state index in [1.54, 1.807) is 24.3 Å². The van der Waals surface area contributed by atoms with Crippen molar-refractivity contribution in [1.82, 2.24) is 0 Å². The van der Waals surface area contributed by atoms with Crippen LogP contribution in [0.4, 0.5) is 0 Å². The Kier molecular flexibility index (Phi) is 6.45. The number of esters is 1. The molecule has 3 aromatic carbocycles. The Labute approximate surface area is 193 Å². The quantitative estimate of drug-likeness (QED) is 0.395. The number of phenolic OH excluding ortho intramolecular Hbond substituents is 2. The van der Waals surface area contributed by atoms with Crippen LogP contribution in [0.15, 0.2) is 66.7 Å². The summed E-state index contributed by atoms with van der Waals surface area (Å²) < 4.78 is 16.5. The van der Waals surface area contributed by atoms with Crippen molar-refractivity contribution in [1.29, 1.82) is 0 Å². The van der Waals surface area contributed by atoms with Crippen LogP contribution in [0.2, 0.25) is 0 Å². The first-order valence-corrected chi connectivity index (χ1v) is 11.0. The van der Waals surface area contributed by atoms with E-state index >= 15 is 0 Å². The van der Waals surface area contributed by atoms with Gasteiger partial charge >= 0.3 is 5.97 Å². The first kappa shape index (κ1) is 22.5. The molecule has 33 heavy (non-hydrogen) atoms. The van der Waals surface area contributed by atoms with Gasteiger partial charge in [0, 0.05) is 29.4 Å². The lowest BCUT2D eigenvalue weighted by Crippen LogP contribution is -2.40. The summed E-state index contributed by atoms with van der Waals surface area (Å²) in [5, 5.41) is 19.7. The molecule has 0 radical (unpaired) electrons. The zero-order valence-corrected chi connectivity index (χ0v) is 18.8. The Morgan fingerprint density at radius 3 is 2.42 bits per heavy atom. The van der Waals surface area contributed by atoms with Gasteiger partial charge in [-0.2, -0.15) is 0 Å². The van der Waals surface area contributed by atoms with E-state index in [9.17, 15) is 15.0 Å². The van der Waals surface area contributed by atoms with Gasteiger partial charge in [0.05, 0.1) is 20.3 Å². The summed E-state index contributed by atoms with van der Waals surface area (Å²) in [7, 11) is 1.38. The van der Waals surface area contributed by atoms with Crippen molar-refractivity contribution in [3.63, 3.8) is 0 Å². The average Bonchev–Trinajstić information content (AvgIpc) is 2.82. The van der Waals surface area contributed by atoms with Gasteiger partial charge in [-0.05, 0) is 47.9 Å². The van der Waals surface area contributed by atoms with Crippen LogP contribution in [0.25, 0.3) is 0 Å². The molecule has 0 saturated carbocycles. The van der Waals surface area contributed by atoms with Crippen molar-refractivity contribution in [3.05, 3.63) is 83.4 Å². The number of hydrogen-bond acceptors (Lipinski definition) is 6. The minimum absolute atomic E-state index is 0.0419. The molecule has 0 aliphatic carbocycles. The molecule has 2 N–H and O–H groups in total. The number of carbonyl (C=O) groups excluding carboxylic acids is 1. The van der Waals surface area contributed by atoms with E-state index in [1.807, 2.05) is 42.5 Å². The van der Waals surface area contributed by atoms with Gasteiger partial charge in [-0.25, -0.2) is 0 Å². The molecule has 0 spiro atoms. The van der Waals surface area contributed by atoms with Crippen LogP contribution in [-0.4, -0.2) is 36.5 Å². The molecule has 172 valence electrons. The first-order chi connectivity index (χ1) is 15.9. The largest absolute Gasteiger partial charge is 0.508 e. The van der Waals surface area contributed by atoms with E-state index in [0.29, 0.717) is 31.8 Å². The van der Waals surface area contributed by atoms with E-state index in [1.165, 1.54) is 7.11 Å². The highest BCUT2D eigenvalue weighted by atomic mass is 16.5. The normalized spacial score (nSPS) is 19.3. The van der Waals surface area contributed by atoms with Crippen molar-refractivity contribution in [2.45, 2.75) is 31.1 Å². The zero-order valence-electron chi connectivity index (χ0n) is 18.8. The van der Waals surface area contributed by atoms with Crippen molar-refractivity contribution in [2.24, 2.45) is 0 Å². The Morgan fingerprint density at radius 2 is 1.73 bits per heavy atom. The number of rotatable bonds is 7. The fraction of sp³-hybridized carbons (Fsp3) is 0.296. The van der Waals surface area contributed by atoms with Gasteiger partial charge in [-0.1, -0.05) is 37.3 Å². The molecule has 0 saturated heterocycles. The van der Waals surface area contributed by atoms with E-state index in [4.69, 9.17) is 9.47 Å². The Morgan fingerprint density at radius 1 is 1.03 bits per heavy atom. The molecular formula is C27H28O6. The summed E-state index contributed by atoms with van der Waals surface area (Å²) in [6.07, 6.45) is 0.912. The fourth-order valence-corrected chi connectivity index (χ4v) is 4.45. The predicted molar refractivity (Wildman–Crippen MR) is 124 cm³/mol. The summed E-state index contributed by atoms with van der Waals surface area (Å²) in [6, 6.07) is 20.4. The second-order valence-corrected chi connectivity index (χ2v) is 8.51. The molecule has 1 aliphatic rings. The zero-order chi connectivity index (χ0) is 23.4. The third-order valence-electron chi connectivity index (χ3n) is 6.23. The number of hydrogen-bond donors (Lipinski definition) is 2. The summed E-state index contributed by atoms with van der Waals surface area (Å²) in [5.41, 5.74) is 2.72. The molecule has 3 aromatic rings. The monoisotopic (exact) mass is 448 g/mol. The average molecular weight is 449 g/mol. The number of aromatic hydroxyl groups is 2. The molecule has 0 fully saturated rings. The van der Waals surface area contributed by atoms with Crippen LogP contribution in [0.5, 0.6) is 23.0 Å². The number of fused-ring (bicyclic) bond motifs is 1. The number of phenols is 2. The van der Waals surface area contributed by atoms with Crippen LogP contribution in [-0.2, 0) is 14.9 Å². The Balaban J connectivity index is 1.63. The minimum atomic E-state index is -0.402. The number of benzene rings is 3. The summed E-state index contributed by atoms with van der Waals surface area (Å²) in [5.74, 6) is 1.49. The van der Waals surface area contributed by atoms with Crippen LogP contribution in [0.1, 0.15) is 42.4 Å². The molecule has 2 atom stereocenters.